The smallest absolute Gasteiger partial charge is 0.466 e. The Balaban J connectivity index is 2.37. The van der Waals surface area contributed by atoms with Gasteiger partial charge in [-0.2, -0.15) is 0 Å². The molecule has 1 fully saturated rings. The van der Waals surface area contributed by atoms with Crippen LogP contribution in [0, 0.1) is 11.6 Å². The Morgan fingerprint density at radius 2 is 1.79 bits per heavy atom. The molecule has 2 rings (SSSR count). The summed E-state index contributed by atoms with van der Waals surface area (Å²) in [4.78, 5) is 12.0. The molecule has 132 valence electrons. The van der Waals surface area contributed by atoms with E-state index in [-0.39, 0.29) is 18.6 Å². The highest BCUT2D eigenvalue weighted by atomic mass is 19.2. The van der Waals surface area contributed by atoms with E-state index in [1.807, 2.05) is 27.7 Å². The molecular weight excluding hydrogens is 317 g/mol. The van der Waals surface area contributed by atoms with Gasteiger partial charge in [-0.3, -0.25) is 4.79 Å². The fraction of sp³-hybridized carbons (Fsp3) is 0.588. The van der Waals surface area contributed by atoms with Crippen molar-refractivity contribution < 1.29 is 27.6 Å². The van der Waals surface area contributed by atoms with Gasteiger partial charge in [-0.25, -0.2) is 8.78 Å². The molecule has 1 atom stereocenters. The van der Waals surface area contributed by atoms with Crippen LogP contribution in [0.25, 0.3) is 0 Å². The molecule has 0 N–H and O–H groups in total. The maximum absolute atomic E-state index is 14.3. The molecular formula is C17H23BF2O4. The lowest BCUT2D eigenvalue weighted by molar-refractivity contribution is -0.143. The number of halogens is 2. The molecule has 24 heavy (non-hydrogen) atoms. The molecule has 1 aliphatic heterocycles. The summed E-state index contributed by atoms with van der Waals surface area (Å²) >= 11 is 0. The Labute approximate surface area is 141 Å². The number of carbonyl (C=O) groups excluding carboxylic acids is 1. The van der Waals surface area contributed by atoms with Crippen LogP contribution in [0.15, 0.2) is 18.2 Å². The maximum Gasteiger partial charge on any atom is 0.466 e. The van der Waals surface area contributed by atoms with E-state index in [1.165, 1.54) is 12.1 Å². The molecule has 0 radical (unpaired) electrons. The monoisotopic (exact) mass is 340 g/mol. The Hall–Kier alpha value is -1.47. The van der Waals surface area contributed by atoms with Gasteiger partial charge in [-0.15, -0.1) is 0 Å². The second kappa shape index (κ2) is 6.80. The SMILES string of the molecule is CCOC(=O)CC(B1OC(C)(C)C(C)(C)O1)c1cccc(F)c1F. The standard InChI is InChI=1S/C17H23BF2O4/c1-6-22-14(21)10-12(11-8-7-9-13(19)15(11)20)18-23-16(2,3)17(4,5)24-18/h7-9,12H,6,10H2,1-5H3. The number of ether oxygens (including phenoxy) is 1. The molecule has 0 amide bonds. The molecule has 4 nitrogen and oxygen atoms in total. The molecule has 1 saturated heterocycles. The average molecular weight is 340 g/mol. The first kappa shape index (κ1) is 18.9. The van der Waals surface area contributed by atoms with Crippen molar-refractivity contribution in [3.8, 4) is 0 Å². The Morgan fingerprint density at radius 3 is 2.33 bits per heavy atom. The lowest BCUT2D eigenvalue weighted by atomic mass is 9.66. The van der Waals surface area contributed by atoms with Crippen LogP contribution in [-0.2, 0) is 18.8 Å². The van der Waals surface area contributed by atoms with Crippen molar-refractivity contribution in [3.63, 3.8) is 0 Å². The van der Waals surface area contributed by atoms with Crippen LogP contribution in [0.1, 0.15) is 52.4 Å². The van der Waals surface area contributed by atoms with Crippen molar-refractivity contribution >= 4 is 13.1 Å². The van der Waals surface area contributed by atoms with Crippen molar-refractivity contribution in [2.75, 3.05) is 6.61 Å². The highest BCUT2D eigenvalue weighted by Gasteiger charge is 2.54. The molecule has 1 aromatic rings. The van der Waals surface area contributed by atoms with Gasteiger partial charge >= 0.3 is 13.1 Å². The molecule has 0 bridgehead atoms. The number of carbonyl (C=O) groups is 1. The maximum atomic E-state index is 14.3. The summed E-state index contributed by atoms with van der Waals surface area (Å²) in [5.74, 6) is -3.29. The average Bonchev–Trinajstić information content (AvgIpc) is 2.68. The van der Waals surface area contributed by atoms with Gasteiger partial charge in [0.05, 0.1) is 24.2 Å². The molecule has 1 unspecified atom stereocenters. The van der Waals surface area contributed by atoms with Crippen molar-refractivity contribution in [2.45, 2.75) is 58.1 Å². The Kier molecular flexibility index (Phi) is 5.35. The zero-order chi connectivity index (χ0) is 18.1. The molecule has 0 spiro atoms. The third-order valence-electron chi connectivity index (χ3n) is 4.67. The van der Waals surface area contributed by atoms with Gasteiger partial charge in [0.25, 0.3) is 0 Å². The zero-order valence-electron chi connectivity index (χ0n) is 14.7. The highest BCUT2D eigenvalue weighted by Crippen LogP contribution is 2.42. The quantitative estimate of drug-likeness (QED) is 0.607. The minimum atomic E-state index is -0.999. The number of hydrogen-bond donors (Lipinski definition) is 0. The fourth-order valence-electron chi connectivity index (χ4n) is 2.61. The summed E-state index contributed by atoms with van der Waals surface area (Å²) in [5, 5.41) is 0. The molecule has 0 aliphatic carbocycles. The van der Waals surface area contributed by atoms with E-state index in [0.717, 1.165) is 6.07 Å². The van der Waals surface area contributed by atoms with Crippen molar-refractivity contribution in [3.05, 3.63) is 35.4 Å². The lowest BCUT2D eigenvalue weighted by Crippen LogP contribution is -2.41. The fourth-order valence-corrected chi connectivity index (χ4v) is 2.61. The number of hydrogen-bond acceptors (Lipinski definition) is 4. The topological polar surface area (TPSA) is 44.8 Å². The van der Waals surface area contributed by atoms with Crippen LogP contribution in [0.5, 0.6) is 0 Å². The Morgan fingerprint density at radius 1 is 1.21 bits per heavy atom. The predicted molar refractivity (Wildman–Crippen MR) is 86.4 cm³/mol. The number of rotatable bonds is 5. The highest BCUT2D eigenvalue weighted by molar-refractivity contribution is 6.48. The zero-order valence-corrected chi connectivity index (χ0v) is 14.7. The number of benzene rings is 1. The van der Waals surface area contributed by atoms with Gasteiger partial charge in [0, 0.05) is 5.82 Å². The van der Waals surface area contributed by atoms with E-state index in [1.54, 1.807) is 6.92 Å². The van der Waals surface area contributed by atoms with Gasteiger partial charge in [-0.05, 0) is 46.2 Å². The van der Waals surface area contributed by atoms with Gasteiger partial charge < -0.3 is 14.0 Å². The molecule has 0 saturated carbocycles. The molecule has 1 aliphatic rings. The van der Waals surface area contributed by atoms with E-state index in [4.69, 9.17) is 14.0 Å². The van der Waals surface area contributed by atoms with Crippen LogP contribution in [-0.4, -0.2) is 30.9 Å². The van der Waals surface area contributed by atoms with E-state index in [2.05, 4.69) is 0 Å². The normalized spacial score (nSPS) is 20.0. The van der Waals surface area contributed by atoms with Gasteiger partial charge in [0.1, 0.15) is 0 Å². The predicted octanol–water partition coefficient (Wildman–Crippen LogP) is 3.63. The van der Waals surface area contributed by atoms with E-state index >= 15 is 0 Å². The summed E-state index contributed by atoms with van der Waals surface area (Å²) in [7, 11) is -0.879. The van der Waals surface area contributed by atoms with Gasteiger partial charge in [0.15, 0.2) is 11.6 Å². The minimum absolute atomic E-state index is 0.0431. The number of esters is 1. The summed E-state index contributed by atoms with van der Waals surface area (Å²) in [5.41, 5.74) is -1.25. The summed E-state index contributed by atoms with van der Waals surface area (Å²) < 4.78 is 44.8. The van der Waals surface area contributed by atoms with E-state index in [9.17, 15) is 13.6 Å². The molecule has 1 aromatic carbocycles. The second-order valence-corrected chi connectivity index (χ2v) is 6.88. The van der Waals surface area contributed by atoms with Crippen molar-refractivity contribution in [1.29, 1.82) is 0 Å². The van der Waals surface area contributed by atoms with Gasteiger partial charge in [-0.1, -0.05) is 12.1 Å². The van der Waals surface area contributed by atoms with Crippen molar-refractivity contribution in [1.82, 2.24) is 0 Å². The molecule has 7 heteroatoms. The van der Waals surface area contributed by atoms with Crippen LogP contribution in [0.3, 0.4) is 0 Å². The third-order valence-corrected chi connectivity index (χ3v) is 4.67. The molecule has 1 heterocycles. The van der Waals surface area contributed by atoms with E-state index in [0.29, 0.717) is 0 Å². The van der Waals surface area contributed by atoms with Gasteiger partial charge in [0.2, 0.25) is 0 Å². The Bertz CT molecular complexity index is 603. The van der Waals surface area contributed by atoms with Crippen LogP contribution >= 0.6 is 0 Å². The van der Waals surface area contributed by atoms with Crippen LogP contribution in [0.2, 0.25) is 0 Å². The van der Waals surface area contributed by atoms with Crippen LogP contribution in [0.4, 0.5) is 8.78 Å². The summed E-state index contributed by atoms with van der Waals surface area (Å²) in [6.07, 6.45) is -0.162. The summed E-state index contributed by atoms with van der Waals surface area (Å²) in [6, 6.07) is 3.87. The first-order valence-electron chi connectivity index (χ1n) is 8.04. The van der Waals surface area contributed by atoms with E-state index < -0.39 is 41.7 Å². The largest absolute Gasteiger partial charge is 0.466 e. The van der Waals surface area contributed by atoms with Crippen molar-refractivity contribution in [2.24, 2.45) is 0 Å². The second-order valence-electron chi connectivity index (χ2n) is 6.88. The first-order chi connectivity index (χ1) is 11.1. The first-order valence-corrected chi connectivity index (χ1v) is 8.04. The lowest BCUT2D eigenvalue weighted by Gasteiger charge is -2.32. The third kappa shape index (κ3) is 3.62. The molecule has 0 aromatic heterocycles. The minimum Gasteiger partial charge on any atom is -0.466 e. The van der Waals surface area contributed by atoms with Crippen LogP contribution < -0.4 is 0 Å². The summed E-state index contributed by atoms with van der Waals surface area (Å²) in [6.45, 7) is 9.32.